The van der Waals surface area contributed by atoms with Crippen molar-refractivity contribution in [1.29, 1.82) is 0 Å². The second kappa shape index (κ2) is 9.21. The summed E-state index contributed by atoms with van der Waals surface area (Å²) in [5, 5.41) is 2.96. The lowest BCUT2D eigenvalue weighted by Crippen LogP contribution is -2.20. The molecule has 180 valence electrons. The van der Waals surface area contributed by atoms with Crippen molar-refractivity contribution in [3.8, 4) is 11.1 Å². The Morgan fingerprint density at radius 3 is 2.29 bits per heavy atom. The normalized spacial score (nSPS) is 11.1. The quantitative estimate of drug-likeness (QED) is 0.333. The fraction of sp³-hybridized carbons (Fsp3) is 0.160. The van der Waals surface area contributed by atoms with Crippen LogP contribution in [0.2, 0.25) is 0 Å². The lowest BCUT2D eigenvalue weighted by atomic mass is 10.0. The molecule has 0 radical (unpaired) electrons. The maximum absolute atomic E-state index is 14.8. The van der Waals surface area contributed by atoms with E-state index in [0.29, 0.717) is 11.3 Å². The second-order valence-electron chi connectivity index (χ2n) is 8.16. The van der Waals surface area contributed by atoms with E-state index in [1.807, 2.05) is 0 Å². The smallest absolute Gasteiger partial charge is 0.277 e. The molecule has 10 heteroatoms. The van der Waals surface area contributed by atoms with Crippen molar-refractivity contribution in [2.45, 2.75) is 20.4 Å². The SMILES string of the molecule is Cc1cc(F)c(-c2cccn(C)c2=O)cc1Nc1nc(=O)c(C)cn1Cc1cc(F)c(F)c(F)c1. The van der Waals surface area contributed by atoms with Crippen LogP contribution >= 0.6 is 0 Å². The second-order valence-corrected chi connectivity index (χ2v) is 8.16. The Hall–Kier alpha value is -4.21. The van der Waals surface area contributed by atoms with E-state index in [1.165, 1.54) is 40.5 Å². The third kappa shape index (κ3) is 4.72. The van der Waals surface area contributed by atoms with Crippen LogP contribution in [0, 0.1) is 37.1 Å². The number of benzene rings is 2. The maximum Gasteiger partial charge on any atom is 0.277 e. The highest BCUT2D eigenvalue weighted by molar-refractivity contribution is 5.72. The molecular weight excluding hydrogens is 464 g/mol. The van der Waals surface area contributed by atoms with Gasteiger partial charge in [-0.25, -0.2) is 17.6 Å². The topological polar surface area (TPSA) is 68.9 Å². The molecule has 6 nitrogen and oxygen atoms in total. The first-order valence-corrected chi connectivity index (χ1v) is 10.5. The molecule has 2 heterocycles. The average Bonchev–Trinajstić information content (AvgIpc) is 2.79. The third-order valence-electron chi connectivity index (χ3n) is 5.54. The number of anilines is 2. The molecule has 0 fully saturated rings. The highest BCUT2D eigenvalue weighted by atomic mass is 19.2. The van der Waals surface area contributed by atoms with E-state index < -0.39 is 34.4 Å². The van der Waals surface area contributed by atoms with Crippen molar-refractivity contribution in [2.75, 3.05) is 5.32 Å². The number of halogens is 4. The highest BCUT2D eigenvalue weighted by Crippen LogP contribution is 2.29. The van der Waals surface area contributed by atoms with Gasteiger partial charge in [0.25, 0.3) is 11.1 Å². The number of pyridine rings is 1. The largest absolute Gasteiger partial charge is 0.325 e. The van der Waals surface area contributed by atoms with Gasteiger partial charge in [-0.05, 0) is 61.4 Å². The van der Waals surface area contributed by atoms with E-state index in [0.717, 1.165) is 12.1 Å². The molecule has 2 aromatic heterocycles. The summed E-state index contributed by atoms with van der Waals surface area (Å²) in [6.45, 7) is 3.00. The first-order chi connectivity index (χ1) is 16.5. The van der Waals surface area contributed by atoms with Crippen LogP contribution in [0.4, 0.5) is 29.2 Å². The summed E-state index contributed by atoms with van der Waals surface area (Å²) in [6, 6.07) is 7.48. The van der Waals surface area contributed by atoms with Gasteiger partial charge in [0.1, 0.15) is 5.82 Å². The Bertz CT molecular complexity index is 1550. The van der Waals surface area contributed by atoms with Gasteiger partial charge in [0, 0.05) is 36.3 Å². The number of hydrogen-bond donors (Lipinski definition) is 1. The van der Waals surface area contributed by atoms with E-state index >= 15 is 0 Å². The standard InChI is InChI=1S/C25H20F4N4O2/c1-13-7-18(26)17(16-5-4-6-32(3)24(16)35)10-21(13)30-25-31-23(34)14(2)11-33(25)12-15-8-19(27)22(29)20(28)9-15/h4-11H,12H2,1-3H3,(H,30,31,34). The number of nitrogens with one attached hydrogen (secondary N) is 1. The van der Waals surface area contributed by atoms with Crippen molar-refractivity contribution in [3.63, 3.8) is 0 Å². The molecule has 0 aliphatic heterocycles. The molecule has 0 aliphatic rings. The molecule has 0 spiro atoms. The molecule has 4 rings (SSSR count). The van der Waals surface area contributed by atoms with Gasteiger partial charge in [0.05, 0.1) is 12.1 Å². The Morgan fingerprint density at radius 2 is 1.60 bits per heavy atom. The predicted octanol–water partition coefficient (Wildman–Crippen LogP) is 4.57. The van der Waals surface area contributed by atoms with Crippen molar-refractivity contribution < 1.29 is 17.6 Å². The van der Waals surface area contributed by atoms with Crippen LogP contribution in [-0.2, 0) is 13.6 Å². The van der Waals surface area contributed by atoms with E-state index in [-0.39, 0.29) is 34.7 Å². The molecule has 0 unspecified atom stereocenters. The molecule has 1 N–H and O–H groups in total. The van der Waals surface area contributed by atoms with Gasteiger partial charge < -0.3 is 14.5 Å². The average molecular weight is 484 g/mol. The van der Waals surface area contributed by atoms with Gasteiger partial charge in [-0.15, -0.1) is 0 Å². The number of aryl methyl sites for hydroxylation is 3. The van der Waals surface area contributed by atoms with Crippen LogP contribution in [0.1, 0.15) is 16.7 Å². The van der Waals surface area contributed by atoms with Gasteiger partial charge >= 0.3 is 0 Å². The monoisotopic (exact) mass is 484 g/mol. The minimum Gasteiger partial charge on any atom is -0.325 e. The Kier molecular flexibility index (Phi) is 6.29. The highest BCUT2D eigenvalue weighted by Gasteiger charge is 2.16. The van der Waals surface area contributed by atoms with Crippen LogP contribution in [0.5, 0.6) is 0 Å². The molecule has 0 bridgehead atoms. The van der Waals surface area contributed by atoms with Gasteiger partial charge in [0.2, 0.25) is 5.95 Å². The number of rotatable bonds is 5. The van der Waals surface area contributed by atoms with Crippen LogP contribution in [-0.4, -0.2) is 14.1 Å². The molecule has 4 aromatic rings. The number of nitrogens with zero attached hydrogens (tertiary/aromatic N) is 3. The molecule has 0 saturated carbocycles. The zero-order valence-electron chi connectivity index (χ0n) is 19.0. The number of aromatic nitrogens is 3. The van der Waals surface area contributed by atoms with Crippen molar-refractivity contribution in [1.82, 2.24) is 14.1 Å². The summed E-state index contributed by atoms with van der Waals surface area (Å²) >= 11 is 0. The lowest BCUT2D eigenvalue weighted by Gasteiger charge is -2.17. The zero-order chi connectivity index (χ0) is 25.4. The van der Waals surface area contributed by atoms with Crippen molar-refractivity contribution >= 4 is 11.6 Å². The van der Waals surface area contributed by atoms with E-state index in [2.05, 4.69) is 10.3 Å². The van der Waals surface area contributed by atoms with Gasteiger partial charge in [-0.1, -0.05) is 0 Å². The summed E-state index contributed by atoms with van der Waals surface area (Å²) in [6.07, 6.45) is 2.98. The first-order valence-electron chi connectivity index (χ1n) is 10.5. The van der Waals surface area contributed by atoms with Gasteiger partial charge in [-0.3, -0.25) is 9.59 Å². The first kappa shape index (κ1) is 23.9. The van der Waals surface area contributed by atoms with Crippen LogP contribution in [0.15, 0.2) is 58.4 Å². The molecule has 0 saturated heterocycles. The van der Waals surface area contributed by atoms with Crippen molar-refractivity contribution in [2.24, 2.45) is 7.05 Å². The van der Waals surface area contributed by atoms with Crippen LogP contribution < -0.4 is 16.4 Å². The predicted molar refractivity (Wildman–Crippen MR) is 124 cm³/mol. The molecule has 0 aliphatic carbocycles. The van der Waals surface area contributed by atoms with E-state index in [9.17, 15) is 27.2 Å². The van der Waals surface area contributed by atoms with Crippen LogP contribution in [0.3, 0.4) is 0 Å². The molecule has 0 atom stereocenters. The Labute approximate surface area is 197 Å². The summed E-state index contributed by atoms with van der Waals surface area (Å²) < 4.78 is 58.4. The Morgan fingerprint density at radius 1 is 0.914 bits per heavy atom. The Balaban J connectivity index is 1.79. The summed E-state index contributed by atoms with van der Waals surface area (Å²) in [7, 11) is 1.55. The molecule has 0 amide bonds. The van der Waals surface area contributed by atoms with E-state index in [4.69, 9.17) is 0 Å². The minimum absolute atomic E-state index is 0.00682. The van der Waals surface area contributed by atoms with Crippen molar-refractivity contribution in [3.05, 3.63) is 109 Å². The fourth-order valence-electron chi connectivity index (χ4n) is 3.65. The van der Waals surface area contributed by atoms with Crippen LogP contribution in [0.25, 0.3) is 11.1 Å². The summed E-state index contributed by atoms with van der Waals surface area (Å²) in [5.74, 6) is -4.87. The van der Waals surface area contributed by atoms with Gasteiger partial charge in [-0.2, -0.15) is 4.98 Å². The fourth-order valence-corrected chi connectivity index (χ4v) is 3.65. The van der Waals surface area contributed by atoms with E-state index in [1.54, 1.807) is 26.2 Å². The minimum atomic E-state index is -1.58. The molecule has 35 heavy (non-hydrogen) atoms. The summed E-state index contributed by atoms with van der Waals surface area (Å²) in [4.78, 5) is 28.8. The number of hydrogen-bond acceptors (Lipinski definition) is 4. The third-order valence-corrected chi connectivity index (χ3v) is 5.54. The maximum atomic E-state index is 14.8. The zero-order valence-corrected chi connectivity index (χ0v) is 19.0. The molecule has 2 aromatic carbocycles. The van der Waals surface area contributed by atoms with Gasteiger partial charge in [0.15, 0.2) is 17.5 Å². The molecular formula is C25H20F4N4O2. The summed E-state index contributed by atoms with van der Waals surface area (Å²) in [5.41, 5.74) is 0.420. The lowest BCUT2D eigenvalue weighted by molar-refractivity contribution is 0.444.